The lowest BCUT2D eigenvalue weighted by atomic mass is 10.3. The Morgan fingerprint density at radius 1 is 1.39 bits per heavy atom. The maximum atomic E-state index is 12.2. The molecule has 10 heteroatoms. The lowest BCUT2D eigenvalue weighted by Crippen LogP contribution is -2.32. The second-order valence-corrected chi connectivity index (χ2v) is 8.92. The van der Waals surface area contributed by atoms with Gasteiger partial charge in [-0.2, -0.15) is 0 Å². The number of methoxy groups -OCH3 is 1. The Balaban J connectivity index is 1.51. The van der Waals surface area contributed by atoms with Crippen molar-refractivity contribution in [3.8, 4) is 5.75 Å². The van der Waals surface area contributed by atoms with Crippen molar-refractivity contribution in [1.29, 1.82) is 0 Å². The van der Waals surface area contributed by atoms with E-state index in [1.54, 1.807) is 23.1 Å². The fraction of sp³-hybridized carbons (Fsp3) is 0.444. The van der Waals surface area contributed by atoms with Crippen LogP contribution < -0.4 is 15.0 Å². The highest BCUT2D eigenvalue weighted by Crippen LogP contribution is 2.36. The summed E-state index contributed by atoms with van der Waals surface area (Å²) in [5, 5.41) is 12.3. The predicted molar refractivity (Wildman–Crippen MR) is 113 cm³/mol. The van der Waals surface area contributed by atoms with Crippen molar-refractivity contribution in [3.63, 3.8) is 0 Å². The number of halogens is 1. The van der Waals surface area contributed by atoms with Gasteiger partial charge in [-0.3, -0.25) is 14.5 Å². The number of aromatic nitrogens is 2. The molecule has 3 rings (SSSR count). The standard InChI is InChI=1S/C18H21ClN4O3S2/c1-3-16(25)23(12-5-6-12)17-21-22-18(28-17)27-9-8-15(24)20-13-10-11(19)4-7-14(13)26-2/h4,7,10,12H,3,5-6,8-9H2,1-2H3,(H,20,24). The van der Waals surface area contributed by atoms with Gasteiger partial charge in [-0.1, -0.05) is 41.6 Å². The quantitative estimate of drug-likeness (QED) is 0.464. The molecule has 2 aromatic rings. The second kappa shape index (κ2) is 9.58. The summed E-state index contributed by atoms with van der Waals surface area (Å²) in [4.78, 5) is 26.1. The number of nitrogens with zero attached hydrogens (tertiary/aromatic N) is 3. The minimum absolute atomic E-state index is 0.0741. The maximum Gasteiger partial charge on any atom is 0.228 e. The number of carbonyl (C=O) groups is 2. The third-order valence-corrected chi connectivity index (χ3v) is 6.37. The molecule has 150 valence electrons. The van der Waals surface area contributed by atoms with Gasteiger partial charge >= 0.3 is 0 Å². The third-order valence-electron chi connectivity index (χ3n) is 4.08. The highest BCUT2D eigenvalue weighted by molar-refractivity contribution is 8.01. The van der Waals surface area contributed by atoms with Gasteiger partial charge in [0.25, 0.3) is 0 Å². The van der Waals surface area contributed by atoms with E-state index in [9.17, 15) is 9.59 Å². The van der Waals surface area contributed by atoms with Crippen LogP contribution >= 0.6 is 34.7 Å². The van der Waals surface area contributed by atoms with E-state index in [1.807, 2.05) is 6.92 Å². The summed E-state index contributed by atoms with van der Waals surface area (Å²) < 4.78 is 5.97. The van der Waals surface area contributed by atoms with Crippen LogP contribution in [0.4, 0.5) is 10.8 Å². The van der Waals surface area contributed by atoms with Gasteiger partial charge in [0, 0.05) is 29.7 Å². The molecule has 0 atom stereocenters. The van der Waals surface area contributed by atoms with Crippen LogP contribution in [0.15, 0.2) is 22.5 Å². The molecule has 0 unspecified atom stereocenters. The molecule has 1 aliphatic carbocycles. The largest absolute Gasteiger partial charge is 0.495 e. The van der Waals surface area contributed by atoms with E-state index in [2.05, 4.69) is 15.5 Å². The average molecular weight is 441 g/mol. The average Bonchev–Trinajstić information content (AvgIpc) is 3.40. The summed E-state index contributed by atoms with van der Waals surface area (Å²) in [6.45, 7) is 1.85. The molecule has 1 aromatic heterocycles. The SMILES string of the molecule is CCC(=O)N(c1nnc(SCCC(=O)Nc2cc(Cl)ccc2OC)s1)C1CC1. The Bertz CT molecular complexity index is 857. The minimum atomic E-state index is -0.140. The molecule has 0 bridgehead atoms. The van der Waals surface area contributed by atoms with Crippen LogP contribution in [0.2, 0.25) is 5.02 Å². The molecule has 0 spiro atoms. The lowest BCUT2D eigenvalue weighted by molar-refractivity contribution is -0.118. The predicted octanol–water partition coefficient (Wildman–Crippen LogP) is 4.23. The first kappa shape index (κ1) is 20.9. The van der Waals surface area contributed by atoms with Crippen molar-refractivity contribution in [2.75, 3.05) is 23.1 Å². The van der Waals surface area contributed by atoms with Gasteiger partial charge < -0.3 is 10.1 Å². The molecule has 1 heterocycles. The fourth-order valence-corrected chi connectivity index (χ4v) is 4.66. The zero-order chi connectivity index (χ0) is 20.1. The monoisotopic (exact) mass is 440 g/mol. The van der Waals surface area contributed by atoms with Gasteiger partial charge in [0.05, 0.1) is 12.8 Å². The van der Waals surface area contributed by atoms with Crippen LogP contribution in [0, 0.1) is 0 Å². The van der Waals surface area contributed by atoms with Crippen molar-refractivity contribution < 1.29 is 14.3 Å². The molecule has 28 heavy (non-hydrogen) atoms. The number of benzene rings is 1. The molecular formula is C18H21ClN4O3S2. The highest BCUT2D eigenvalue weighted by Gasteiger charge is 2.35. The van der Waals surface area contributed by atoms with E-state index in [0.29, 0.717) is 40.2 Å². The van der Waals surface area contributed by atoms with E-state index in [1.165, 1.54) is 30.2 Å². The van der Waals surface area contributed by atoms with Gasteiger partial charge in [0.2, 0.25) is 16.9 Å². The number of anilines is 2. The Morgan fingerprint density at radius 3 is 2.86 bits per heavy atom. The number of amides is 2. The van der Waals surface area contributed by atoms with Crippen LogP contribution in [-0.4, -0.2) is 40.9 Å². The van der Waals surface area contributed by atoms with E-state index < -0.39 is 0 Å². The summed E-state index contributed by atoms with van der Waals surface area (Å²) in [6.07, 6.45) is 2.78. The summed E-state index contributed by atoms with van der Waals surface area (Å²) in [5.74, 6) is 1.04. The van der Waals surface area contributed by atoms with Crippen LogP contribution in [-0.2, 0) is 9.59 Å². The molecule has 7 nitrogen and oxygen atoms in total. The Hall–Kier alpha value is -1.84. The lowest BCUT2D eigenvalue weighted by Gasteiger charge is -2.17. The minimum Gasteiger partial charge on any atom is -0.495 e. The summed E-state index contributed by atoms with van der Waals surface area (Å²) >= 11 is 8.82. The molecule has 0 radical (unpaired) electrons. The Labute approximate surface area is 176 Å². The summed E-state index contributed by atoms with van der Waals surface area (Å²) in [7, 11) is 1.54. The Morgan fingerprint density at radius 2 is 2.18 bits per heavy atom. The number of hydrogen-bond donors (Lipinski definition) is 1. The first-order valence-electron chi connectivity index (χ1n) is 8.93. The van der Waals surface area contributed by atoms with E-state index in [4.69, 9.17) is 16.3 Å². The van der Waals surface area contributed by atoms with Gasteiger partial charge in [0.1, 0.15) is 5.75 Å². The third kappa shape index (κ3) is 5.36. The van der Waals surface area contributed by atoms with Crippen molar-refractivity contribution in [2.45, 2.75) is 43.0 Å². The molecule has 1 aliphatic rings. The molecule has 1 N–H and O–H groups in total. The van der Waals surface area contributed by atoms with Crippen LogP contribution in [0.1, 0.15) is 32.6 Å². The first-order valence-corrected chi connectivity index (χ1v) is 11.1. The van der Waals surface area contributed by atoms with Crippen molar-refractivity contribution in [2.24, 2.45) is 0 Å². The molecule has 0 aliphatic heterocycles. The number of thioether (sulfide) groups is 1. The number of carbonyl (C=O) groups excluding carboxylic acids is 2. The van der Waals surface area contributed by atoms with Crippen molar-refractivity contribution in [1.82, 2.24) is 10.2 Å². The first-order chi connectivity index (χ1) is 13.5. The smallest absolute Gasteiger partial charge is 0.228 e. The highest BCUT2D eigenvalue weighted by atomic mass is 35.5. The van der Waals surface area contributed by atoms with Gasteiger partial charge in [0.15, 0.2) is 4.34 Å². The molecule has 2 amide bonds. The Kier molecular flexibility index (Phi) is 7.14. The number of nitrogens with one attached hydrogen (secondary N) is 1. The number of ether oxygens (including phenoxy) is 1. The normalized spacial score (nSPS) is 13.2. The zero-order valence-corrected chi connectivity index (χ0v) is 18.0. The van der Waals surface area contributed by atoms with Gasteiger partial charge in [-0.15, -0.1) is 10.2 Å². The molecule has 1 fully saturated rings. The van der Waals surface area contributed by atoms with Gasteiger partial charge in [-0.05, 0) is 31.0 Å². The summed E-state index contributed by atoms with van der Waals surface area (Å²) in [6, 6.07) is 5.32. The van der Waals surface area contributed by atoms with Crippen LogP contribution in [0.5, 0.6) is 5.75 Å². The summed E-state index contributed by atoms with van der Waals surface area (Å²) in [5.41, 5.74) is 0.543. The van der Waals surface area contributed by atoms with Gasteiger partial charge in [-0.25, -0.2) is 0 Å². The fourth-order valence-electron chi connectivity index (χ4n) is 2.55. The van der Waals surface area contributed by atoms with Crippen LogP contribution in [0.3, 0.4) is 0 Å². The topological polar surface area (TPSA) is 84.4 Å². The molecule has 0 saturated heterocycles. The molecular weight excluding hydrogens is 420 g/mol. The maximum absolute atomic E-state index is 12.2. The molecule has 1 aromatic carbocycles. The molecule has 1 saturated carbocycles. The van der Waals surface area contributed by atoms with E-state index >= 15 is 0 Å². The van der Waals surface area contributed by atoms with E-state index in [0.717, 1.165) is 17.2 Å². The van der Waals surface area contributed by atoms with Crippen molar-refractivity contribution >= 4 is 57.3 Å². The van der Waals surface area contributed by atoms with Crippen molar-refractivity contribution in [3.05, 3.63) is 23.2 Å². The number of rotatable bonds is 9. The number of hydrogen-bond acceptors (Lipinski definition) is 7. The van der Waals surface area contributed by atoms with Crippen LogP contribution in [0.25, 0.3) is 0 Å². The van der Waals surface area contributed by atoms with E-state index in [-0.39, 0.29) is 17.9 Å². The second-order valence-electron chi connectivity index (χ2n) is 6.19. The zero-order valence-electron chi connectivity index (χ0n) is 15.6.